The third-order valence-electron chi connectivity index (χ3n) is 8.74. The molecule has 7 nitrogen and oxygen atoms in total. The summed E-state index contributed by atoms with van der Waals surface area (Å²) < 4.78 is 34.9. The molecule has 4 atom stereocenters. The number of aryl methyl sites for hydroxylation is 1. The van der Waals surface area contributed by atoms with E-state index in [-0.39, 0.29) is 11.5 Å². The molecule has 2 bridgehead atoms. The van der Waals surface area contributed by atoms with Gasteiger partial charge in [0.15, 0.2) is 0 Å². The molecule has 9 heteroatoms. The molecule has 0 unspecified atom stereocenters. The maximum Gasteiger partial charge on any atom is 0.264 e. The second-order valence-electron chi connectivity index (χ2n) is 11.3. The molecule has 2 aromatic carbocycles. The first kappa shape index (κ1) is 29.0. The van der Waals surface area contributed by atoms with E-state index in [1.807, 2.05) is 30.4 Å². The molecule has 2 N–H and O–H groups in total. The van der Waals surface area contributed by atoms with Crippen LogP contribution in [0.1, 0.15) is 73.4 Å². The number of ether oxygens (including phenoxy) is 1. The molecular formula is C31H39ClN2O5S. The Morgan fingerprint density at radius 2 is 1.90 bits per heavy atom. The summed E-state index contributed by atoms with van der Waals surface area (Å²) in [4.78, 5) is 15.5. The van der Waals surface area contributed by atoms with E-state index in [0.29, 0.717) is 42.6 Å². The minimum Gasteiger partial charge on any atom is -0.487 e. The smallest absolute Gasteiger partial charge is 0.264 e. The van der Waals surface area contributed by atoms with Gasteiger partial charge < -0.3 is 14.7 Å². The maximum absolute atomic E-state index is 13.3. The Balaban J connectivity index is 1.53. The van der Waals surface area contributed by atoms with E-state index in [4.69, 9.17) is 16.3 Å². The zero-order valence-corrected chi connectivity index (χ0v) is 24.6. The van der Waals surface area contributed by atoms with Crippen LogP contribution in [0, 0.1) is 11.8 Å². The van der Waals surface area contributed by atoms with Crippen molar-refractivity contribution in [2.75, 3.05) is 18.0 Å². The van der Waals surface area contributed by atoms with E-state index < -0.39 is 27.3 Å². The molecule has 1 saturated carbocycles. The van der Waals surface area contributed by atoms with E-state index in [9.17, 15) is 18.3 Å². The fourth-order valence-corrected chi connectivity index (χ4v) is 7.67. The summed E-state index contributed by atoms with van der Waals surface area (Å²) in [5.41, 5.74) is 3.31. The molecule has 1 aliphatic carbocycles. The molecule has 0 aromatic heterocycles. The lowest BCUT2D eigenvalue weighted by atomic mass is 9.69. The lowest BCUT2D eigenvalue weighted by Gasteiger charge is -2.43. The average Bonchev–Trinajstić information content (AvgIpc) is 2.93. The van der Waals surface area contributed by atoms with Gasteiger partial charge in [0.25, 0.3) is 5.91 Å². The predicted octanol–water partition coefficient (Wildman–Crippen LogP) is 5.64. The van der Waals surface area contributed by atoms with Crippen molar-refractivity contribution >= 4 is 33.2 Å². The third kappa shape index (κ3) is 6.50. The Hall–Kier alpha value is -2.55. The van der Waals surface area contributed by atoms with Gasteiger partial charge in [-0.25, -0.2) is 13.1 Å². The third-order valence-corrected chi connectivity index (χ3v) is 10.8. The van der Waals surface area contributed by atoms with Gasteiger partial charge in [0, 0.05) is 23.7 Å². The first-order valence-electron chi connectivity index (χ1n) is 14.4. The second kappa shape index (κ2) is 12.5. The topological polar surface area (TPSA) is 95.9 Å². The van der Waals surface area contributed by atoms with Gasteiger partial charge in [-0.05, 0) is 105 Å². The molecule has 0 radical (unpaired) electrons. The summed E-state index contributed by atoms with van der Waals surface area (Å²) >= 11 is 6.29. The quantitative estimate of drug-likeness (QED) is 0.420. The van der Waals surface area contributed by atoms with Crippen LogP contribution >= 0.6 is 11.6 Å². The number of nitrogens with zero attached hydrogens (tertiary/aromatic N) is 1. The number of allylic oxidation sites excluding steroid dienone is 1. The zero-order chi connectivity index (χ0) is 28.3. The molecule has 216 valence electrons. The van der Waals surface area contributed by atoms with Crippen molar-refractivity contribution in [3.63, 3.8) is 0 Å². The molecule has 1 fully saturated rings. The molecule has 0 saturated heterocycles. The van der Waals surface area contributed by atoms with Crippen LogP contribution < -0.4 is 14.4 Å². The number of halogens is 1. The zero-order valence-electron chi connectivity index (χ0n) is 23.0. The predicted molar refractivity (Wildman–Crippen MR) is 158 cm³/mol. The molecule has 0 spiro atoms. The summed E-state index contributed by atoms with van der Waals surface area (Å²) in [5.74, 6) is 0.521. The van der Waals surface area contributed by atoms with Gasteiger partial charge in [0.1, 0.15) is 12.4 Å². The first-order valence-corrected chi connectivity index (χ1v) is 16.4. The van der Waals surface area contributed by atoms with E-state index in [1.54, 1.807) is 25.1 Å². The average molecular weight is 587 g/mol. The van der Waals surface area contributed by atoms with Crippen LogP contribution in [0.5, 0.6) is 5.75 Å². The number of hydrogen-bond donors (Lipinski definition) is 2. The summed E-state index contributed by atoms with van der Waals surface area (Å²) in [6.07, 6.45) is 9.20. The van der Waals surface area contributed by atoms with Crippen molar-refractivity contribution in [1.29, 1.82) is 0 Å². The molecule has 2 aliphatic heterocycles. The van der Waals surface area contributed by atoms with E-state index in [2.05, 4.69) is 9.62 Å². The minimum atomic E-state index is -3.89. The van der Waals surface area contributed by atoms with Gasteiger partial charge in [-0.15, -0.1) is 0 Å². The number of aliphatic hydroxyl groups is 1. The largest absolute Gasteiger partial charge is 0.487 e. The van der Waals surface area contributed by atoms with Gasteiger partial charge in [-0.1, -0.05) is 36.7 Å². The van der Waals surface area contributed by atoms with Gasteiger partial charge in [0.2, 0.25) is 10.0 Å². The number of nitrogens with one attached hydrogen (secondary N) is 1. The van der Waals surface area contributed by atoms with Crippen molar-refractivity contribution < 1.29 is 23.1 Å². The monoisotopic (exact) mass is 586 g/mol. The summed E-state index contributed by atoms with van der Waals surface area (Å²) in [6, 6.07) is 11.0. The first-order chi connectivity index (χ1) is 19.2. The van der Waals surface area contributed by atoms with Crippen LogP contribution in [0.25, 0.3) is 0 Å². The minimum absolute atomic E-state index is 0.184. The lowest BCUT2D eigenvalue weighted by molar-refractivity contribution is 0.0180. The Bertz CT molecular complexity index is 1360. The van der Waals surface area contributed by atoms with Crippen LogP contribution in [-0.4, -0.2) is 43.9 Å². The highest BCUT2D eigenvalue weighted by molar-refractivity contribution is 7.90. The molecule has 40 heavy (non-hydrogen) atoms. The maximum atomic E-state index is 13.3. The van der Waals surface area contributed by atoms with E-state index in [1.165, 1.54) is 5.56 Å². The number of fused-ring (bicyclic) bond motifs is 3. The number of anilines is 1. The van der Waals surface area contributed by atoms with Crippen molar-refractivity contribution in [3.05, 3.63) is 70.3 Å². The van der Waals surface area contributed by atoms with Crippen LogP contribution in [0.4, 0.5) is 5.69 Å². The second-order valence-corrected chi connectivity index (χ2v) is 13.7. The highest BCUT2D eigenvalue weighted by Gasteiger charge is 2.37. The number of sulfonamides is 1. The number of carbonyl (C=O) groups is 1. The molecule has 5 rings (SSSR count). The van der Waals surface area contributed by atoms with Crippen molar-refractivity contribution in [1.82, 2.24) is 4.72 Å². The lowest BCUT2D eigenvalue weighted by Crippen LogP contribution is -2.43. The Morgan fingerprint density at radius 1 is 1.07 bits per heavy atom. The fraction of sp³-hybridized carbons (Fsp3) is 0.516. The van der Waals surface area contributed by atoms with Crippen molar-refractivity contribution in [3.8, 4) is 5.75 Å². The van der Waals surface area contributed by atoms with E-state index >= 15 is 0 Å². The van der Waals surface area contributed by atoms with Crippen LogP contribution in [-0.2, 0) is 23.1 Å². The Kier molecular flexibility index (Phi) is 9.08. The SMILES string of the molecule is CC[C@H]1C/C=C\C[C@H](O)[C@@H]2CC[C@H]2CN2CCCCc3cc(Cl)ccc3COc3ccc(cc32)C(=O)NS1(=O)=O. The van der Waals surface area contributed by atoms with Gasteiger partial charge in [-0.2, -0.15) is 0 Å². The number of aliphatic hydroxyl groups excluding tert-OH is 1. The summed E-state index contributed by atoms with van der Waals surface area (Å²) in [7, 11) is -3.89. The van der Waals surface area contributed by atoms with Gasteiger partial charge in [-0.3, -0.25) is 4.79 Å². The standard InChI is InChI=1S/C31H39ClN2O5S/c1-2-26-8-3-4-9-29(35)27-14-11-23(27)19-34-16-6-5-7-21-17-25(32)13-10-24(21)20-39-30-15-12-22(18-28(30)34)31(36)33-40(26,37)38/h3-4,10,12-13,15,17-18,23,26-27,29,35H,2,5-9,11,14,16,19-20H2,1H3,(H,33,36)/b4-3-/t23-,26-,27+,29-/m0/s1. The van der Waals surface area contributed by atoms with Crippen LogP contribution in [0.3, 0.4) is 0 Å². The van der Waals surface area contributed by atoms with Crippen molar-refractivity contribution in [2.24, 2.45) is 11.8 Å². The van der Waals surface area contributed by atoms with Gasteiger partial charge >= 0.3 is 0 Å². The number of rotatable bonds is 1. The normalized spacial score (nSPS) is 28.0. The Labute approximate surface area is 242 Å². The van der Waals surface area contributed by atoms with Crippen LogP contribution in [0.15, 0.2) is 48.6 Å². The van der Waals surface area contributed by atoms with Crippen LogP contribution in [0.2, 0.25) is 5.02 Å². The highest BCUT2D eigenvalue weighted by atomic mass is 35.5. The molecular weight excluding hydrogens is 548 g/mol. The highest BCUT2D eigenvalue weighted by Crippen LogP contribution is 2.41. The number of amides is 1. The number of hydrogen-bond acceptors (Lipinski definition) is 6. The number of benzene rings is 2. The van der Waals surface area contributed by atoms with Crippen molar-refractivity contribution in [2.45, 2.75) is 76.3 Å². The summed E-state index contributed by atoms with van der Waals surface area (Å²) in [5, 5.41) is 11.0. The molecule has 3 aliphatic rings. The molecule has 1 amide bonds. The fourth-order valence-electron chi connectivity index (χ4n) is 6.13. The van der Waals surface area contributed by atoms with Gasteiger partial charge in [0.05, 0.1) is 17.0 Å². The van der Waals surface area contributed by atoms with E-state index in [0.717, 1.165) is 56.4 Å². The molecule has 2 aromatic rings. The Morgan fingerprint density at radius 3 is 2.67 bits per heavy atom. The number of carbonyl (C=O) groups excluding carboxylic acids is 1. The molecule has 2 heterocycles. The summed E-state index contributed by atoms with van der Waals surface area (Å²) in [6.45, 7) is 3.66.